The first-order chi connectivity index (χ1) is 22.8. The third-order valence-electron chi connectivity index (χ3n) is 9.41. The van der Waals surface area contributed by atoms with E-state index in [9.17, 15) is 19.8 Å². The Labute approximate surface area is 279 Å². The van der Waals surface area contributed by atoms with Gasteiger partial charge in [0.2, 0.25) is 0 Å². The number of rotatable bonds is 9. The highest BCUT2D eigenvalue weighted by Crippen LogP contribution is 2.33. The van der Waals surface area contributed by atoms with Crippen molar-refractivity contribution in [1.82, 2.24) is 20.1 Å². The molecule has 12 heteroatoms. The molecule has 2 fully saturated rings. The predicted molar refractivity (Wildman–Crippen MR) is 183 cm³/mol. The molecule has 4 heterocycles. The second kappa shape index (κ2) is 13.5. The molecule has 5 aromatic rings. The van der Waals surface area contributed by atoms with Crippen molar-refractivity contribution in [2.75, 3.05) is 45.9 Å². The highest BCUT2D eigenvalue weighted by Gasteiger charge is 2.41. The number of benzene rings is 3. The van der Waals surface area contributed by atoms with Crippen LogP contribution in [0.1, 0.15) is 46.0 Å². The number of hydrogen-bond acceptors (Lipinski definition) is 9. The minimum absolute atomic E-state index is 0.0363. The smallest absolute Gasteiger partial charge is 0.305 e. The van der Waals surface area contributed by atoms with Gasteiger partial charge in [0.25, 0.3) is 5.91 Å². The van der Waals surface area contributed by atoms with Gasteiger partial charge >= 0.3 is 4.87 Å². The molecule has 1 amide bonds. The Kier molecular flexibility index (Phi) is 9.14. The molecule has 2 aliphatic heterocycles. The van der Waals surface area contributed by atoms with Crippen molar-refractivity contribution >= 4 is 48.9 Å². The number of carbonyl (C=O) groups is 1. The monoisotopic (exact) mass is 676 g/mol. The first-order valence-electron chi connectivity index (χ1n) is 15.9. The SMILES string of the molecule is O=C(c1ccc2sccc2c1)N1CCOC2(CCN(Cc3cccc(CCNC[C@H](O)c4ccc(O)c5[nH]c(=O)sc45)c3F)CC2)C1. The van der Waals surface area contributed by atoms with Crippen LogP contribution in [0.2, 0.25) is 0 Å². The van der Waals surface area contributed by atoms with Crippen LogP contribution < -0.4 is 10.2 Å². The summed E-state index contributed by atoms with van der Waals surface area (Å²) in [5.74, 6) is -0.200. The number of morpholine rings is 1. The fourth-order valence-electron chi connectivity index (χ4n) is 6.78. The van der Waals surface area contributed by atoms with Crippen LogP contribution in [0.3, 0.4) is 0 Å². The molecule has 2 aliphatic rings. The molecule has 0 saturated carbocycles. The summed E-state index contributed by atoms with van der Waals surface area (Å²) in [5.41, 5.74) is 2.47. The number of aromatic amines is 1. The van der Waals surface area contributed by atoms with Crippen molar-refractivity contribution in [3.63, 3.8) is 0 Å². The van der Waals surface area contributed by atoms with Gasteiger partial charge in [-0.05, 0) is 72.5 Å². The van der Waals surface area contributed by atoms with Gasteiger partial charge in [0.05, 0.1) is 29.6 Å². The lowest BCUT2D eigenvalue weighted by molar-refractivity contribution is -0.128. The number of aliphatic hydroxyl groups is 1. The number of H-pyrrole nitrogens is 1. The van der Waals surface area contributed by atoms with Crippen LogP contribution >= 0.6 is 22.7 Å². The van der Waals surface area contributed by atoms with Crippen molar-refractivity contribution in [3.05, 3.63) is 97.7 Å². The Bertz CT molecular complexity index is 1960. The molecular formula is C35H37FN4O5S2. The minimum Gasteiger partial charge on any atom is -0.506 e. The summed E-state index contributed by atoms with van der Waals surface area (Å²) in [6.45, 7) is 4.35. The number of fused-ring (bicyclic) bond motifs is 2. The normalized spacial score (nSPS) is 17.5. The first-order valence-corrected chi connectivity index (χ1v) is 17.6. The number of nitrogens with one attached hydrogen (secondary N) is 2. The number of phenols is 1. The van der Waals surface area contributed by atoms with Gasteiger partial charge in [-0.15, -0.1) is 11.3 Å². The number of nitrogens with zero attached hydrogens (tertiary/aromatic N) is 2. The second-order valence-corrected chi connectivity index (χ2v) is 14.4. The second-order valence-electron chi connectivity index (χ2n) is 12.5. The summed E-state index contributed by atoms with van der Waals surface area (Å²) in [6, 6.07) is 16.5. The Balaban J connectivity index is 0.908. The van der Waals surface area contributed by atoms with Gasteiger partial charge in [-0.1, -0.05) is 35.6 Å². The summed E-state index contributed by atoms with van der Waals surface area (Å²) in [6.07, 6.45) is 1.12. The summed E-state index contributed by atoms with van der Waals surface area (Å²) < 4.78 is 23.6. The number of likely N-dealkylation sites (tertiary alicyclic amines) is 1. The first kappa shape index (κ1) is 31.9. The Morgan fingerprint density at radius 1 is 1.11 bits per heavy atom. The maximum atomic E-state index is 15.6. The molecule has 1 spiro atoms. The van der Waals surface area contributed by atoms with Crippen molar-refractivity contribution in [2.24, 2.45) is 0 Å². The van der Waals surface area contributed by atoms with E-state index in [2.05, 4.69) is 15.2 Å². The van der Waals surface area contributed by atoms with Gasteiger partial charge in [-0.25, -0.2) is 4.39 Å². The topological polar surface area (TPSA) is 118 Å². The number of piperidine rings is 1. The number of aromatic hydroxyl groups is 1. The lowest BCUT2D eigenvalue weighted by Crippen LogP contribution is -2.57. The molecule has 0 aliphatic carbocycles. The van der Waals surface area contributed by atoms with Crippen molar-refractivity contribution in [2.45, 2.75) is 37.5 Å². The number of thiazole rings is 1. The van der Waals surface area contributed by atoms with Crippen LogP contribution in [-0.4, -0.2) is 82.4 Å². The molecule has 7 rings (SSSR count). The Morgan fingerprint density at radius 2 is 1.94 bits per heavy atom. The van der Waals surface area contributed by atoms with Crippen LogP contribution in [0.4, 0.5) is 4.39 Å². The summed E-state index contributed by atoms with van der Waals surface area (Å²) in [7, 11) is 0. The summed E-state index contributed by atoms with van der Waals surface area (Å²) >= 11 is 2.62. The van der Waals surface area contributed by atoms with E-state index in [0.717, 1.165) is 42.7 Å². The number of hydrogen-bond donors (Lipinski definition) is 4. The molecule has 2 saturated heterocycles. The third-order valence-corrected chi connectivity index (χ3v) is 11.2. The number of ether oxygens (including phenoxy) is 1. The highest BCUT2D eigenvalue weighted by atomic mass is 32.1. The zero-order valence-corrected chi connectivity index (χ0v) is 27.5. The van der Waals surface area contributed by atoms with Gasteiger partial charge in [-0.2, -0.15) is 0 Å². The number of halogens is 1. The lowest BCUT2D eigenvalue weighted by atomic mass is 9.88. The minimum atomic E-state index is -0.892. The van der Waals surface area contributed by atoms with Crippen molar-refractivity contribution in [1.29, 1.82) is 0 Å². The summed E-state index contributed by atoms with van der Waals surface area (Å²) in [4.78, 5) is 31.7. The van der Waals surface area contributed by atoms with Crippen LogP contribution in [0, 0.1) is 5.82 Å². The van der Waals surface area contributed by atoms with E-state index in [0.29, 0.717) is 71.7 Å². The third kappa shape index (κ3) is 6.71. The van der Waals surface area contributed by atoms with Crippen molar-refractivity contribution in [3.8, 4) is 5.75 Å². The molecule has 47 heavy (non-hydrogen) atoms. The van der Waals surface area contributed by atoms with Gasteiger partial charge in [0, 0.05) is 54.1 Å². The molecule has 0 unspecified atom stereocenters. The molecule has 3 aromatic carbocycles. The number of thiophene rings is 1. The average Bonchev–Trinajstić information content (AvgIpc) is 3.72. The maximum absolute atomic E-state index is 15.6. The molecular weight excluding hydrogens is 640 g/mol. The molecule has 2 aromatic heterocycles. The fourth-order valence-corrected chi connectivity index (χ4v) is 8.47. The van der Waals surface area contributed by atoms with Gasteiger partial charge < -0.3 is 30.2 Å². The Hall–Kier alpha value is -3.65. The molecule has 4 N–H and O–H groups in total. The molecule has 1 atom stereocenters. The predicted octanol–water partition coefficient (Wildman–Crippen LogP) is 5.02. The van der Waals surface area contributed by atoms with Crippen molar-refractivity contribution < 1.29 is 24.1 Å². The van der Waals surface area contributed by atoms with E-state index in [1.54, 1.807) is 23.5 Å². The number of aromatic nitrogens is 1. The fraction of sp³-hybridized carbons (Fsp3) is 0.371. The summed E-state index contributed by atoms with van der Waals surface area (Å²) in [5, 5.41) is 27.1. The quantitative estimate of drug-likeness (QED) is 0.162. The van der Waals surface area contributed by atoms with Crippen LogP contribution in [0.15, 0.2) is 64.8 Å². The van der Waals surface area contributed by atoms with Gasteiger partial charge in [-0.3, -0.25) is 14.5 Å². The number of phenolic OH excluding ortho intramolecular Hbond substituents is 1. The molecule has 9 nitrogen and oxygen atoms in total. The zero-order chi connectivity index (χ0) is 32.5. The number of carbonyl (C=O) groups excluding carboxylic acids is 1. The number of amides is 1. The zero-order valence-electron chi connectivity index (χ0n) is 25.8. The molecule has 0 bridgehead atoms. The van der Waals surface area contributed by atoms with E-state index >= 15 is 4.39 Å². The van der Waals surface area contributed by atoms with Gasteiger partial charge in [0.1, 0.15) is 17.1 Å². The van der Waals surface area contributed by atoms with Crippen LogP contribution in [-0.2, 0) is 17.7 Å². The number of aliphatic hydroxyl groups excluding tert-OH is 1. The molecule has 0 radical (unpaired) electrons. The van der Waals surface area contributed by atoms with E-state index in [1.807, 2.05) is 46.7 Å². The van der Waals surface area contributed by atoms with E-state index in [-0.39, 0.29) is 34.5 Å². The average molecular weight is 677 g/mol. The molecule has 246 valence electrons. The standard InChI is InChI=1S/C35H37FN4O5S2/c36-30-22(8-12-37-19-28(42)26-5-6-27(41)31-32(26)47-34(44)38-31)2-1-3-25(30)20-39-13-10-35(11-14-39)21-40(15-16-45-35)33(43)24-4-7-29-23(18-24)9-17-46-29/h1-7,9,17-18,28,37,41-42H,8,10-16,19-21H2,(H,38,44)/t28-/m0/s1. The van der Waals surface area contributed by atoms with Crippen LogP contribution in [0.25, 0.3) is 20.3 Å². The maximum Gasteiger partial charge on any atom is 0.305 e. The highest BCUT2D eigenvalue weighted by molar-refractivity contribution is 7.17. The Morgan fingerprint density at radius 3 is 2.79 bits per heavy atom. The van der Waals surface area contributed by atoms with Crippen LogP contribution in [0.5, 0.6) is 5.75 Å². The van der Waals surface area contributed by atoms with E-state index in [4.69, 9.17) is 4.74 Å². The van der Waals surface area contributed by atoms with E-state index < -0.39 is 6.10 Å². The van der Waals surface area contributed by atoms with E-state index in [1.165, 1.54) is 10.8 Å². The lowest BCUT2D eigenvalue weighted by Gasteiger charge is -2.47. The van der Waals surface area contributed by atoms with Gasteiger partial charge in [0.15, 0.2) is 0 Å². The largest absolute Gasteiger partial charge is 0.506 e.